The van der Waals surface area contributed by atoms with Crippen LogP contribution in [0.15, 0.2) is 24.3 Å². The van der Waals surface area contributed by atoms with Gasteiger partial charge in [-0.05, 0) is 94.0 Å². The lowest BCUT2D eigenvalue weighted by atomic mass is 9.49. The van der Waals surface area contributed by atoms with E-state index in [1.165, 1.54) is 19.3 Å². The Kier molecular flexibility index (Phi) is 5.72. The van der Waals surface area contributed by atoms with Crippen molar-refractivity contribution in [3.8, 4) is 0 Å². The third-order valence-electron chi connectivity index (χ3n) is 7.08. The van der Waals surface area contributed by atoms with Crippen molar-refractivity contribution in [3.63, 3.8) is 0 Å². The van der Waals surface area contributed by atoms with Crippen LogP contribution in [0.25, 0.3) is 0 Å². The molecule has 28 heavy (non-hydrogen) atoms. The van der Waals surface area contributed by atoms with Crippen molar-refractivity contribution in [1.29, 1.82) is 0 Å². The van der Waals surface area contributed by atoms with Gasteiger partial charge in [-0.1, -0.05) is 12.1 Å². The number of hydrogen-bond donors (Lipinski definition) is 3. The molecule has 4 bridgehead atoms. The SMILES string of the molecule is CNCCCNC(=O)c1ccc(CNC(=O)C23CC4CC(CC(C4)C2)C3)cc1. The molecule has 152 valence electrons. The first kappa shape index (κ1) is 19.4. The summed E-state index contributed by atoms with van der Waals surface area (Å²) < 4.78 is 0. The molecule has 4 aliphatic carbocycles. The van der Waals surface area contributed by atoms with Crippen LogP contribution in [0.4, 0.5) is 0 Å². The molecule has 4 aliphatic rings. The number of amides is 2. The predicted octanol–water partition coefficient (Wildman–Crippen LogP) is 2.86. The minimum Gasteiger partial charge on any atom is -0.352 e. The molecule has 0 spiro atoms. The van der Waals surface area contributed by atoms with Gasteiger partial charge in [0.2, 0.25) is 5.91 Å². The van der Waals surface area contributed by atoms with E-state index in [0.29, 0.717) is 18.7 Å². The zero-order valence-corrected chi connectivity index (χ0v) is 16.9. The Morgan fingerprint density at radius 3 is 2.11 bits per heavy atom. The fourth-order valence-electron chi connectivity index (χ4n) is 6.10. The van der Waals surface area contributed by atoms with Crippen LogP contribution in [0.5, 0.6) is 0 Å². The lowest BCUT2D eigenvalue weighted by Crippen LogP contribution is -2.53. The molecule has 4 fully saturated rings. The molecule has 0 unspecified atom stereocenters. The molecule has 2 amide bonds. The van der Waals surface area contributed by atoms with E-state index in [2.05, 4.69) is 16.0 Å². The molecule has 1 aromatic carbocycles. The lowest BCUT2D eigenvalue weighted by Gasteiger charge is -2.55. The Morgan fingerprint density at radius 2 is 1.54 bits per heavy atom. The molecule has 0 saturated heterocycles. The minimum absolute atomic E-state index is 0.0414. The van der Waals surface area contributed by atoms with E-state index in [9.17, 15) is 9.59 Å². The van der Waals surface area contributed by atoms with Crippen LogP contribution in [0.3, 0.4) is 0 Å². The van der Waals surface area contributed by atoms with Crippen LogP contribution in [-0.4, -0.2) is 32.0 Å². The minimum atomic E-state index is -0.0953. The second-order valence-electron chi connectivity index (χ2n) is 9.29. The van der Waals surface area contributed by atoms with E-state index in [1.807, 2.05) is 31.3 Å². The summed E-state index contributed by atoms with van der Waals surface area (Å²) in [6, 6.07) is 7.59. The van der Waals surface area contributed by atoms with E-state index in [-0.39, 0.29) is 17.2 Å². The highest BCUT2D eigenvalue weighted by Gasteiger charge is 2.54. The summed E-state index contributed by atoms with van der Waals surface area (Å²) in [5, 5.41) is 9.20. The van der Waals surface area contributed by atoms with Crippen molar-refractivity contribution in [2.45, 2.75) is 51.5 Å². The van der Waals surface area contributed by atoms with Crippen molar-refractivity contribution in [2.75, 3.05) is 20.1 Å². The number of rotatable bonds is 8. The molecule has 0 atom stereocenters. The van der Waals surface area contributed by atoms with E-state index in [4.69, 9.17) is 0 Å². The zero-order chi connectivity index (χ0) is 19.6. The molecule has 3 N–H and O–H groups in total. The third-order valence-corrected chi connectivity index (χ3v) is 7.08. The summed E-state index contributed by atoms with van der Waals surface area (Å²) in [7, 11) is 1.91. The Labute approximate surface area is 168 Å². The predicted molar refractivity (Wildman–Crippen MR) is 110 cm³/mol. The summed E-state index contributed by atoms with van der Waals surface area (Å²) in [5.41, 5.74) is 1.62. The maximum Gasteiger partial charge on any atom is 0.251 e. The van der Waals surface area contributed by atoms with E-state index >= 15 is 0 Å². The Hall–Kier alpha value is -1.88. The molecule has 0 radical (unpaired) electrons. The highest BCUT2D eigenvalue weighted by molar-refractivity contribution is 5.94. The second kappa shape index (κ2) is 8.24. The maximum atomic E-state index is 13.0. The lowest BCUT2D eigenvalue weighted by molar-refractivity contribution is -0.146. The number of carbonyl (C=O) groups excluding carboxylic acids is 2. The molecule has 0 aliphatic heterocycles. The molecule has 0 aromatic heterocycles. The summed E-state index contributed by atoms with van der Waals surface area (Å²) >= 11 is 0. The van der Waals surface area contributed by atoms with E-state index < -0.39 is 0 Å². The van der Waals surface area contributed by atoms with Crippen LogP contribution in [-0.2, 0) is 11.3 Å². The fraction of sp³-hybridized carbons (Fsp3) is 0.652. The van der Waals surface area contributed by atoms with Gasteiger partial charge in [-0.2, -0.15) is 0 Å². The number of benzene rings is 1. The first-order valence-electron chi connectivity index (χ1n) is 10.9. The molecule has 1 aromatic rings. The summed E-state index contributed by atoms with van der Waals surface area (Å²) in [6.07, 6.45) is 8.25. The molecule has 5 rings (SSSR count). The van der Waals surface area contributed by atoms with Crippen molar-refractivity contribution in [2.24, 2.45) is 23.2 Å². The Morgan fingerprint density at radius 1 is 0.929 bits per heavy atom. The molecular formula is C23H33N3O2. The molecule has 4 saturated carbocycles. The van der Waals surface area contributed by atoms with Crippen molar-refractivity contribution >= 4 is 11.8 Å². The van der Waals surface area contributed by atoms with Gasteiger partial charge in [0.15, 0.2) is 0 Å². The maximum absolute atomic E-state index is 13.0. The monoisotopic (exact) mass is 383 g/mol. The standard InChI is InChI=1S/C23H33N3O2/c1-24-7-2-8-25-21(27)20-5-3-16(4-6-20)15-26-22(28)23-12-17-9-18(13-23)11-19(10-17)14-23/h3-6,17-19,24H,2,7-15H2,1H3,(H,25,27)(H,26,28). The Balaban J connectivity index is 1.28. The van der Waals surface area contributed by atoms with Gasteiger partial charge >= 0.3 is 0 Å². The van der Waals surface area contributed by atoms with Gasteiger partial charge in [-0.15, -0.1) is 0 Å². The first-order chi connectivity index (χ1) is 13.6. The van der Waals surface area contributed by atoms with Crippen molar-refractivity contribution < 1.29 is 9.59 Å². The first-order valence-corrected chi connectivity index (χ1v) is 10.9. The van der Waals surface area contributed by atoms with Gasteiger partial charge in [-0.25, -0.2) is 0 Å². The topological polar surface area (TPSA) is 70.2 Å². The number of carbonyl (C=O) groups is 2. The zero-order valence-electron chi connectivity index (χ0n) is 16.9. The fourth-order valence-corrected chi connectivity index (χ4v) is 6.10. The smallest absolute Gasteiger partial charge is 0.251 e. The highest BCUT2D eigenvalue weighted by atomic mass is 16.2. The average molecular weight is 384 g/mol. The average Bonchev–Trinajstić information content (AvgIpc) is 2.68. The highest BCUT2D eigenvalue weighted by Crippen LogP contribution is 2.60. The van der Waals surface area contributed by atoms with Gasteiger partial charge in [0, 0.05) is 24.1 Å². The van der Waals surface area contributed by atoms with Gasteiger partial charge in [0.1, 0.15) is 0 Å². The second-order valence-corrected chi connectivity index (χ2v) is 9.29. The van der Waals surface area contributed by atoms with Crippen LogP contribution in [0.2, 0.25) is 0 Å². The molecule has 5 nitrogen and oxygen atoms in total. The number of nitrogens with one attached hydrogen (secondary N) is 3. The van der Waals surface area contributed by atoms with Gasteiger partial charge in [0.05, 0.1) is 0 Å². The number of hydrogen-bond acceptors (Lipinski definition) is 3. The normalized spacial score (nSPS) is 30.2. The molecule has 0 heterocycles. The Bertz CT molecular complexity index is 678. The quantitative estimate of drug-likeness (QED) is 0.605. The van der Waals surface area contributed by atoms with Crippen LogP contribution in [0.1, 0.15) is 60.9 Å². The van der Waals surface area contributed by atoms with E-state index in [1.54, 1.807) is 0 Å². The van der Waals surface area contributed by atoms with Crippen LogP contribution in [0, 0.1) is 23.2 Å². The van der Waals surface area contributed by atoms with Gasteiger partial charge < -0.3 is 16.0 Å². The largest absolute Gasteiger partial charge is 0.352 e. The van der Waals surface area contributed by atoms with E-state index in [0.717, 1.165) is 55.5 Å². The third kappa shape index (κ3) is 4.09. The summed E-state index contributed by atoms with van der Waals surface area (Å²) in [4.78, 5) is 25.2. The van der Waals surface area contributed by atoms with Crippen LogP contribution < -0.4 is 16.0 Å². The summed E-state index contributed by atoms with van der Waals surface area (Å²) in [6.45, 7) is 2.11. The van der Waals surface area contributed by atoms with Gasteiger partial charge in [0.25, 0.3) is 5.91 Å². The molecular weight excluding hydrogens is 350 g/mol. The van der Waals surface area contributed by atoms with Gasteiger partial charge in [-0.3, -0.25) is 9.59 Å². The van der Waals surface area contributed by atoms with Crippen molar-refractivity contribution in [1.82, 2.24) is 16.0 Å². The van der Waals surface area contributed by atoms with Crippen LogP contribution >= 0.6 is 0 Å². The molecule has 5 heteroatoms. The summed E-state index contributed by atoms with van der Waals surface area (Å²) in [5.74, 6) is 2.56. The van der Waals surface area contributed by atoms with Crippen molar-refractivity contribution in [3.05, 3.63) is 35.4 Å².